The molecule has 1 aromatic carbocycles. The zero-order valence-corrected chi connectivity index (χ0v) is 11.4. The molecule has 3 heteroatoms. The van der Waals surface area contributed by atoms with E-state index in [9.17, 15) is 0 Å². The highest BCUT2D eigenvalue weighted by Gasteiger charge is 2.26. The molecule has 0 aliphatic heterocycles. The number of hydrogen-bond donors (Lipinski definition) is 2. The van der Waals surface area contributed by atoms with Crippen molar-refractivity contribution in [2.45, 2.75) is 32.2 Å². The van der Waals surface area contributed by atoms with Gasteiger partial charge in [0, 0.05) is 11.4 Å². The lowest BCUT2D eigenvalue weighted by atomic mass is 10.0. The van der Waals surface area contributed by atoms with Gasteiger partial charge < -0.3 is 11.1 Å². The largest absolute Gasteiger partial charge is 0.367 e. The number of rotatable bonds is 3. The van der Waals surface area contributed by atoms with Crippen molar-refractivity contribution >= 4 is 16.7 Å². The summed E-state index contributed by atoms with van der Waals surface area (Å²) < 4.78 is 0. The highest BCUT2D eigenvalue weighted by atomic mass is 15.0. The van der Waals surface area contributed by atoms with Gasteiger partial charge in [0.25, 0.3) is 0 Å². The Morgan fingerprint density at radius 1 is 1.32 bits per heavy atom. The van der Waals surface area contributed by atoms with Gasteiger partial charge in [-0.05, 0) is 49.9 Å². The number of aromatic nitrogens is 1. The molecule has 0 bridgehead atoms. The third kappa shape index (κ3) is 2.43. The Morgan fingerprint density at radius 2 is 2.16 bits per heavy atom. The van der Waals surface area contributed by atoms with Crippen LogP contribution in [-0.2, 0) is 0 Å². The minimum absolute atomic E-state index is 0.484. The Morgan fingerprint density at radius 3 is 3.00 bits per heavy atom. The van der Waals surface area contributed by atoms with Crippen LogP contribution in [0.2, 0.25) is 0 Å². The highest BCUT2D eigenvalue weighted by molar-refractivity contribution is 5.81. The van der Waals surface area contributed by atoms with Crippen LogP contribution in [0.1, 0.15) is 24.8 Å². The molecule has 1 heterocycles. The topological polar surface area (TPSA) is 50.9 Å². The number of fused-ring (bicyclic) bond motifs is 1. The Hall–Kier alpha value is -1.61. The van der Waals surface area contributed by atoms with Gasteiger partial charge in [0.05, 0.1) is 5.52 Å². The number of hydrogen-bond acceptors (Lipinski definition) is 3. The number of anilines is 1. The number of aryl methyl sites for hydroxylation is 1. The molecular weight excluding hydrogens is 234 g/mol. The van der Waals surface area contributed by atoms with E-state index in [2.05, 4.69) is 36.5 Å². The quantitative estimate of drug-likeness (QED) is 0.886. The number of para-hydroxylation sites is 1. The monoisotopic (exact) mass is 255 g/mol. The van der Waals surface area contributed by atoms with E-state index in [1.807, 2.05) is 6.07 Å². The maximum atomic E-state index is 5.85. The summed E-state index contributed by atoms with van der Waals surface area (Å²) in [5.41, 5.74) is 8.11. The summed E-state index contributed by atoms with van der Waals surface area (Å²) >= 11 is 0. The molecule has 100 valence electrons. The van der Waals surface area contributed by atoms with Crippen LogP contribution in [-0.4, -0.2) is 17.6 Å². The first-order valence-corrected chi connectivity index (χ1v) is 7.11. The summed E-state index contributed by atoms with van der Waals surface area (Å²) in [5, 5.41) is 4.81. The van der Waals surface area contributed by atoms with E-state index in [0.717, 1.165) is 17.9 Å². The van der Waals surface area contributed by atoms with Gasteiger partial charge in [-0.3, -0.25) is 0 Å². The Kier molecular flexibility index (Phi) is 3.38. The fourth-order valence-corrected chi connectivity index (χ4v) is 3.05. The fourth-order valence-electron chi connectivity index (χ4n) is 3.05. The molecule has 2 aromatic rings. The van der Waals surface area contributed by atoms with E-state index >= 15 is 0 Å². The second-order valence-electron chi connectivity index (χ2n) is 5.52. The summed E-state index contributed by atoms with van der Waals surface area (Å²) in [4.78, 5) is 4.76. The van der Waals surface area contributed by atoms with Gasteiger partial charge in [0.15, 0.2) is 0 Å². The Labute approximate surface area is 114 Å². The van der Waals surface area contributed by atoms with Crippen LogP contribution in [0.3, 0.4) is 0 Å². The van der Waals surface area contributed by atoms with Gasteiger partial charge >= 0.3 is 0 Å². The van der Waals surface area contributed by atoms with Crippen LogP contribution in [0.5, 0.6) is 0 Å². The third-order valence-corrected chi connectivity index (χ3v) is 4.20. The first-order chi connectivity index (χ1) is 9.28. The molecule has 0 saturated heterocycles. The molecule has 0 spiro atoms. The van der Waals surface area contributed by atoms with Gasteiger partial charge in [0.2, 0.25) is 0 Å². The molecule has 19 heavy (non-hydrogen) atoms. The average molecular weight is 255 g/mol. The van der Waals surface area contributed by atoms with Crippen LogP contribution in [0.4, 0.5) is 5.82 Å². The molecule has 0 amide bonds. The summed E-state index contributed by atoms with van der Waals surface area (Å²) in [6.45, 7) is 2.89. The van der Waals surface area contributed by atoms with Crippen LogP contribution >= 0.6 is 0 Å². The van der Waals surface area contributed by atoms with E-state index in [4.69, 9.17) is 10.7 Å². The molecule has 1 aromatic heterocycles. The second kappa shape index (κ2) is 5.17. The van der Waals surface area contributed by atoms with Gasteiger partial charge in [-0.15, -0.1) is 0 Å². The van der Waals surface area contributed by atoms with Crippen molar-refractivity contribution < 1.29 is 0 Å². The van der Waals surface area contributed by atoms with Gasteiger partial charge in [-0.25, -0.2) is 4.98 Å². The molecule has 3 nitrogen and oxygen atoms in total. The van der Waals surface area contributed by atoms with Crippen molar-refractivity contribution in [3.8, 4) is 0 Å². The zero-order valence-electron chi connectivity index (χ0n) is 11.4. The number of benzene rings is 1. The third-order valence-electron chi connectivity index (χ3n) is 4.20. The van der Waals surface area contributed by atoms with Crippen LogP contribution < -0.4 is 11.1 Å². The van der Waals surface area contributed by atoms with Crippen LogP contribution in [0, 0.1) is 12.8 Å². The van der Waals surface area contributed by atoms with E-state index < -0.39 is 0 Å². The van der Waals surface area contributed by atoms with Crippen molar-refractivity contribution in [1.82, 2.24) is 4.98 Å². The molecule has 3 rings (SSSR count). The number of nitrogens with zero attached hydrogens (tertiary/aromatic N) is 1. The van der Waals surface area contributed by atoms with E-state index in [-0.39, 0.29) is 0 Å². The first-order valence-electron chi connectivity index (χ1n) is 7.11. The molecule has 1 aliphatic rings. The Balaban J connectivity index is 1.90. The van der Waals surface area contributed by atoms with E-state index in [1.54, 1.807) is 0 Å². The van der Waals surface area contributed by atoms with Crippen LogP contribution in [0.15, 0.2) is 30.3 Å². The van der Waals surface area contributed by atoms with E-state index in [0.29, 0.717) is 12.0 Å². The first kappa shape index (κ1) is 12.4. The molecule has 0 radical (unpaired) electrons. The lowest BCUT2D eigenvalue weighted by Crippen LogP contribution is -2.30. The standard InChI is InChI=1S/C16H21N3/c1-11-9-12-5-2-3-7-14(12)18-16(11)19-15-8-4-6-13(15)10-17/h2-3,5,7,9,13,15H,4,6,8,10,17H2,1H3,(H,18,19). The normalized spacial score (nSPS) is 22.8. The van der Waals surface area contributed by atoms with Crippen molar-refractivity contribution in [3.63, 3.8) is 0 Å². The molecule has 3 N–H and O–H groups in total. The molecule has 2 unspecified atom stereocenters. The predicted octanol–water partition coefficient (Wildman–Crippen LogP) is 3.08. The lowest BCUT2D eigenvalue weighted by molar-refractivity contribution is 0.515. The maximum absolute atomic E-state index is 5.85. The zero-order chi connectivity index (χ0) is 13.2. The highest BCUT2D eigenvalue weighted by Crippen LogP contribution is 2.29. The smallest absolute Gasteiger partial charge is 0.129 e. The number of pyridine rings is 1. The Bertz CT molecular complexity index is 579. The summed E-state index contributed by atoms with van der Waals surface area (Å²) in [7, 11) is 0. The van der Waals surface area contributed by atoms with Gasteiger partial charge in [-0.1, -0.05) is 24.6 Å². The second-order valence-corrected chi connectivity index (χ2v) is 5.52. The molecule has 1 fully saturated rings. The molecule has 2 atom stereocenters. The summed E-state index contributed by atoms with van der Waals surface area (Å²) in [5.74, 6) is 1.61. The van der Waals surface area contributed by atoms with Gasteiger partial charge in [0.1, 0.15) is 5.82 Å². The van der Waals surface area contributed by atoms with Crippen molar-refractivity contribution in [2.24, 2.45) is 11.7 Å². The molecule has 1 saturated carbocycles. The van der Waals surface area contributed by atoms with Crippen molar-refractivity contribution in [1.29, 1.82) is 0 Å². The molecule has 1 aliphatic carbocycles. The summed E-state index contributed by atoms with van der Waals surface area (Å²) in [6, 6.07) is 11.0. The van der Waals surface area contributed by atoms with E-state index in [1.165, 1.54) is 30.2 Å². The average Bonchev–Trinajstić information content (AvgIpc) is 2.87. The SMILES string of the molecule is Cc1cc2ccccc2nc1NC1CCCC1CN. The summed E-state index contributed by atoms with van der Waals surface area (Å²) in [6.07, 6.45) is 3.71. The maximum Gasteiger partial charge on any atom is 0.129 e. The number of nitrogens with one attached hydrogen (secondary N) is 1. The predicted molar refractivity (Wildman–Crippen MR) is 80.3 cm³/mol. The minimum Gasteiger partial charge on any atom is -0.367 e. The number of nitrogens with two attached hydrogens (primary N) is 1. The fraction of sp³-hybridized carbons (Fsp3) is 0.438. The minimum atomic E-state index is 0.484. The lowest BCUT2D eigenvalue weighted by Gasteiger charge is -2.21. The van der Waals surface area contributed by atoms with Crippen molar-refractivity contribution in [3.05, 3.63) is 35.9 Å². The van der Waals surface area contributed by atoms with Crippen LogP contribution in [0.25, 0.3) is 10.9 Å². The van der Waals surface area contributed by atoms with Crippen molar-refractivity contribution in [2.75, 3.05) is 11.9 Å². The molecular formula is C16H21N3. The van der Waals surface area contributed by atoms with Gasteiger partial charge in [-0.2, -0.15) is 0 Å².